The molecule has 6 heteroatoms. The predicted molar refractivity (Wildman–Crippen MR) is 95.0 cm³/mol. The summed E-state index contributed by atoms with van der Waals surface area (Å²) in [4.78, 5) is 12.3. The van der Waals surface area contributed by atoms with E-state index in [0.29, 0.717) is 11.3 Å². The molecule has 0 unspecified atom stereocenters. The van der Waals surface area contributed by atoms with Gasteiger partial charge in [-0.25, -0.2) is 0 Å². The molecule has 1 aromatic heterocycles. The van der Waals surface area contributed by atoms with Crippen molar-refractivity contribution in [3.8, 4) is 5.75 Å². The molecule has 5 nitrogen and oxygen atoms in total. The third kappa shape index (κ3) is 3.43. The summed E-state index contributed by atoms with van der Waals surface area (Å²) in [6.07, 6.45) is 0.179. The highest BCUT2D eigenvalue weighted by Crippen LogP contribution is 2.28. The van der Waals surface area contributed by atoms with Crippen molar-refractivity contribution in [3.63, 3.8) is 0 Å². The van der Waals surface area contributed by atoms with Crippen molar-refractivity contribution in [2.45, 2.75) is 19.4 Å². The molecule has 0 spiro atoms. The van der Waals surface area contributed by atoms with Crippen molar-refractivity contribution in [1.82, 2.24) is 10.5 Å². The molecule has 2 aromatic carbocycles. The van der Waals surface area contributed by atoms with Crippen molar-refractivity contribution in [2.24, 2.45) is 0 Å². The quantitative estimate of drug-likeness (QED) is 0.716. The van der Waals surface area contributed by atoms with Crippen molar-refractivity contribution >= 4 is 32.8 Å². The highest BCUT2D eigenvalue weighted by Gasteiger charge is 2.15. The third-order valence-electron chi connectivity index (χ3n) is 3.83. The summed E-state index contributed by atoms with van der Waals surface area (Å²) in [7, 11) is 1.62. The number of rotatable bonds is 5. The summed E-state index contributed by atoms with van der Waals surface area (Å²) >= 11 is 3.46. The molecule has 0 fully saturated rings. The minimum atomic E-state index is -0.127. The molecule has 0 aliphatic heterocycles. The number of hydrogen-bond donors (Lipinski definition) is 1. The Morgan fingerprint density at radius 1 is 1.33 bits per heavy atom. The molecule has 1 N–H and O–H groups in total. The highest BCUT2D eigenvalue weighted by molar-refractivity contribution is 9.10. The molecule has 1 heterocycles. The average molecular weight is 389 g/mol. The van der Waals surface area contributed by atoms with Crippen LogP contribution in [0.3, 0.4) is 0 Å². The van der Waals surface area contributed by atoms with Crippen LogP contribution in [0, 0.1) is 0 Å². The summed E-state index contributed by atoms with van der Waals surface area (Å²) in [5.41, 5.74) is 2.32. The van der Waals surface area contributed by atoms with Gasteiger partial charge in [-0.05, 0) is 52.7 Å². The minimum Gasteiger partial charge on any atom is -0.496 e. The number of hydrogen-bond acceptors (Lipinski definition) is 4. The second-order valence-corrected chi connectivity index (χ2v) is 6.34. The number of nitrogens with zero attached hydrogens (tertiary/aromatic N) is 1. The second-order valence-electron chi connectivity index (χ2n) is 5.49. The lowest BCUT2D eigenvalue weighted by molar-refractivity contribution is -0.121. The van der Waals surface area contributed by atoms with Gasteiger partial charge in [-0.1, -0.05) is 23.4 Å². The maximum atomic E-state index is 12.3. The molecular weight excluding hydrogens is 372 g/mol. The van der Waals surface area contributed by atoms with Crippen molar-refractivity contribution in [1.29, 1.82) is 0 Å². The SMILES string of the molecule is COc1ccc([C@@H](C)NC(=O)Cc2noc3ccccc23)cc1Br. The molecule has 0 radical (unpaired) electrons. The fourth-order valence-corrected chi connectivity index (χ4v) is 3.10. The number of halogens is 1. The number of carbonyl (C=O) groups excluding carboxylic acids is 1. The van der Waals surface area contributed by atoms with E-state index in [-0.39, 0.29) is 18.4 Å². The number of carbonyl (C=O) groups is 1. The van der Waals surface area contributed by atoms with E-state index in [2.05, 4.69) is 26.4 Å². The van der Waals surface area contributed by atoms with Crippen LogP contribution in [-0.4, -0.2) is 18.2 Å². The summed E-state index contributed by atoms with van der Waals surface area (Å²) in [6.45, 7) is 1.94. The van der Waals surface area contributed by atoms with Gasteiger partial charge in [-0.3, -0.25) is 4.79 Å². The molecule has 24 heavy (non-hydrogen) atoms. The molecule has 0 saturated carbocycles. The number of amides is 1. The number of benzene rings is 2. The molecular formula is C18H17BrN2O3. The van der Waals surface area contributed by atoms with E-state index in [1.54, 1.807) is 7.11 Å². The Bertz CT molecular complexity index is 876. The lowest BCUT2D eigenvalue weighted by atomic mass is 10.1. The number of ether oxygens (including phenoxy) is 1. The van der Waals surface area contributed by atoms with Crippen LogP contribution in [-0.2, 0) is 11.2 Å². The van der Waals surface area contributed by atoms with Crippen LogP contribution < -0.4 is 10.1 Å². The number of aromatic nitrogens is 1. The first-order valence-corrected chi connectivity index (χ1v) is 8.34. The Hall–Kier alpha value is -2.34. The van der Waals surface area contributed by atoms with Crippen LogP contribution >= 0.6 is 15.9 Å². The number of para-hydroxylation sites is 1. The summed E-state index contributed by atoms with van der Waals surface area (Å²) < 4.78 is 11.3. The second kappa shape index (κ2) is 7.05. The van der Waals surface area contributed by atoms with Gasteiger partial charge in [-0.2, -0.15) is 0 Å². The summed E-state index contributed by atoms with van der Waals surface area (Å²) in [5.74, 6) is 0.653. The monoisotopic (exact) mass is 388 g/mol. The normalized spacial score (nSPS) is 12.1. The minimum absolute atomic E-state index is 0.103. The Morgan fingerprint density at radius 2 is 2.12 bits per heavy atom. The zero-order chi connectivity index (χ0) is 17.1. The van der Waals surface area contributed by atoms with Gasteiger partial charge in [0.05, 0.1) is 24.0 Å². The smallest absolute Gasteiger partial charge is 0.226 e. The molecule has 0 saturated heterocycles. The zero-order valence-electron chi connectivity index (χ0n) is 13.4. The van der Waals surface area contributed by atoms with E-state index in [0.717, 1.165) is 21.2 Å². The molecule has 0 aliphatic carbocycles. The van der Waals surface area contributed by atoms with Crippen LogP contribution in [0.2, 0.25) is 0 Å². The van der Waals surface area contributed by atoms with E-state index in [4.69, 9.17) is 9.26 Å². The molecule has 0 bridgehead atoms. The lowest BCUT2D eigenvalue weighted by Crippen LogP contribution is -2.28. The Labute approximate surface area is 148 Å². The standard InChI is InChI=1S/C18H17BrN2O3/c1-11(12-7-8-17(23-2)14(19)9-12)20-18(22)10-15-13-5-3-4-6-16(13)24-21-15/h3-9,11H,10H2,1-2H3,(H,20,22)/t11-/m1/s1. The Balaban J connectivity index is 1.69. The van der Waals surface area contributed by atoms with Gasteiger partial charge in [-0.15, -0.1) is 0 Å². The maximum Gasteiger partial charge on any atom is 0.226 e. The lowest BCUT2D eigenvalue weighted by Gasteiger charge is -2.15. The van der Waals surface area contributed by atoms with E-state index in [1.165, 1.54) is 0 Å². The first kappa shape index (κ1) is 16.5. The summed E-state index contributed by atoms with van der Waals surface area (Å²) in [5, 5.41) is 7.84. The van der Waals surface area contributed by atoms with E-state index in [1.807, 2.05) is 49.4 Å². The largest absolute Gasteiger partial charge is 0.496 e. The van der Waals surface area contributed by atoms with Gasteiger partial charge >= 0.3 is 0 Å². The molecule has 0 aliphatic rings. The molecule has 3 aromatic rings. The van der Waals surface area contributed by atoms with E-state index in [9.17, 15) is 4.79 Å². The molecule has 124 valence electrons. The first-order chi connectivity index (χ1) is 11.6. The number of fused-ring (bicyclic) bond motifs is 1. The van der Waals surface area contributed by atoms with Crippen molar-refractivity contribution in [2.75, 3.05) is 7.11 Å². The summed E-state index contributed by atoms with van der Waals surface area (Å²) in [6, 6.07) is 13.1. The predicted octanol–water partition coefficient (Wildman–Crippen LogP) is 4.02. The fourth-order valence-electron chi connectivity index (χ4n) is 2.55. The van der Waals surface area contributed by atoms with Gasteiger partial charge < -0.3 is 14.6 Å². The Morgan fingerprint density at radius 3 is 2.88 bits per heavy atom. The highest BCUT2D eigenvalue weighted by atomic mass is 79.9. The van der Waals surface area contributed by atoms with E-state index < -0.39 is 0 Å². The topological polar surface area (TPSA) is 64.4 Å². The van der Waals surface area contributed by atoms with Gasteiger partial charge in [0.2, 0.25) is 5.91 Å². The van der Waals surface area contributed by atoms with Crippen molar-refractivity contribution in [3.05, 3.63) is 58.2 Å². The molecule has 1 amide bonds. The Kier molecular flexibility index (Phi) is 4.85. The first-order valence-electron chi connectivity index (χ1n) is 7.54. The van der Waals surface area contributed by atoms with Gasteiger partial charge in [0.25, 0.3) is 0 Å². The maximum absolute atomic E-state index is 12.3. The van der Waals surface area contributed by atoms with Crippen LogP contribution in [0.25, 0.3) is 11.0 Å². The van der Waals surface area contributed by atoms with Gasteiger partial charge in [0, 0.05) is 5.39 Å². The molecule has 3 rings (SSSR count). The van der Waals surface area contributed by atoms with E-state index >= 15 is 0 Å². The van der Waals surface area contributed by atoms with Crippen molar-refractivity contribution < 1.29 is 14.1 Å². The van der Waals surface area contributed by atoms with Gasteiger partial charge in [0.1, 0.15) is 11.4 Å². The fraction of sp³-hybridized carbons (Fsp3) is 0.222. The third-order valence-corrected chi connectivity index (χ3v) is 4.45. The number of methoxy groups -OCH3 is 1. The van der Waals surface area contributed by atoms with Crippen LogP contribution in [0.1, 0.15) is 24.2 Å². The van der Waals surface area contributed by atoms with Gasteiger partial charge in [0.15, 0.2) is 5.58 Å². The van der Waals surface area contributed by atoms with Crippen LogP contribution in [0.4, 0.5) is 0 Å². The number of nitrogens with one attached hydrogen (secondary N) is 1. The molecule has 1 atom stereocenters. The van der Waals surface area contributed by atoms with Crippen LogP contribution in [0.5, 0.6) is 5.75 Å². The van der Waals surface area contributed by atoms with Crippen LogP contribution in [0.15, 0.2) is 51.5 Å². The average Bonchev–Trinajstić information content (AvgIpc) is 2.97. The zero-order valence-corrected chi connectivity index (χ0v) is 15.0.